The molecule has 1 aromatic rings. The minimum atomic E-state index is -0.149. The average molecular weight is 279 g/mol. The van der Waals surface area contributed by atoms with Gasteiger partial charge in [0.05, 0.1) is 13.1 Å². The maximum Gasteiger partial charge on any atom is 0.279 e. The van der Waals surface area contributed by atoms with Gasteiger partial charge in [-0.05, 0) is 22.6 Å². The van der Waals surface area contributed by atoms with Crippen molar-refractivity contribution in [2.45, 2.75) is 13.0 Å². The molecule has 2 rings (SSSR count). The number of rotatable bonds is 0. The molecule has 2 nitrogen and oxygen atoms in total. The minimum Gasteiger partial charge on any atom is -0.274 e. The molecule has 1 N–H and O–H groups in total. The lowest BCUT2D eigenvalue weighted by molar-refractivity contribution is -0.713. The summed E-state index contributed by atoms with van der Waals surface area (Å²) < 4.78 is 15.9. The van der Waals surface area contributed by atoms with E-state index in [0.717, 1.165) is 28.9 Å². The van der Waals surface area contributed by atoms with Crippen LogP contribution in [0.15, 0.2) is 12.1 Å². The summed E-state index contributed by atoms with van der Waals surface area (Å²) in [6.07, 6.45) is 0.995. The predicted molar refractivity (Wildman–Crippen MR) is 52.4 cm³/mol. The second-order valence-electron chi connectivity index (χ2n) is 2.81. The van der Waals surface area contributed by atoms with Crippen LogP contribution in [0.3, 0.4) is 0 Å². The minimum absolute atomic E-state index is 0.149. The van der Waals surface area contributed by atoms with E-state index in [4.69, 9.17) is 0 Å². The summed E-state index contributed by atoms with van der Waals surface area (Å²) in [5.74, 6) is 0.745. The van der Waals surface area contributed by atoms with Crippen LogP contribution in [0.5, 0.6) is 0 Å². The van der Waals surface area contributed by atoms with E-state index in [1.165, 1.54) is 0 Å². The first kappa shape index (κ1) is 8.22. The van der Waals surface area contributed by atoms with Crippen LogP contribution in [0.1, 0.15) is 6.42 Å². The molecule has 0 spiro atoms. The van der Waals surface area contributed by atoms with Gasteiger partial charge >= 0.3 is 0 Å². The summed E-state index contributed by atoms with van der Waals surface area (Å²) in [6.45, 7) is 1.73. The van der Waals surface area contributed by atoms with Gasteiger partial charge in [-0.1, -0.05) is 0 Å². The molecule has 0 fully saturated rings. The van der Waals surface area contributed by atoms with Crippen molar-refractivity contribution in [3.8, 4) is 0 Å². The molecule has 0 bridgehead atoms. The van der Waals surface area contributed by atoms with E-state index in [2.05, 4.69) is 27.9 Å². The third kappa shape index (κ3) is 1.39. The van der Waals surface area contributed by atoms with Crippen molar-refractivity contribution < 1.29 is 8.96 Å². The summed E-state index contributed by atoms with van der Waals surface area (Å²) in [4.78, 5) is 0. The maximum atomic E-state index is 13.3. The standard InChI is InChI=1S/C8H8FIN2/c9-7-4-6(10)5-8-11-2-1-3-12(7)8/h4-5H,1-3H2/p+1. The van der Waals surface area contributed by atoms with Crippen molar-refractivity contribution in [3.63, 3.8) is 0 Å². The number of halogens is 2. The summed E-state index contributed by atoms with van der Waals surface area (Å²) in [7, 11) is 0. The number of anilines is 1. The van der Waals surface area contributed by atoms with Crippen molar-refractivity contribution in [2.24, 2.45) is 0 Å². The molecule has 1 aliphatic rings. The van der Waals surface area contributed by atoms with Crippen molar-refractivity contribution in [1.82, 2.24) is 0 Å². The third-order valence-electron chi connectivity index (χ3n) is 1.94. The fraction of sp³-hybridized carbons (Fsp3) is 0.375. The Hall–Kier alpha value is -0.390. The Morgan fingerprint density at radius 3 is 3.17 bits per heavy atom. The zero-order valence-corrected chi connectivity index (χ0v) is 8.64. The van der Waals surface area contributed by atoms with Crippen LogP contribution < -0.4 is 9.88 Å². The lowest BCUT2D eigenvalue weighted by Crippen LogP contribution is -2.45. The van der Waals surface area contributed by atoms with Crippen molar-refractivity contribution >= 4 is 28.4 Å². The topological polar surface area (TPSA) is 15.9 Å². The number of nitrogens with one attached hydrogen (secondary N) is 1. The number of hydrogen-bond donors (Lipinski definition) is 1. The Morgan fingerprint density at radius 1 is 1.50 bits per heavy atom. The monoisotopic (exact) mass is 279 g/mol. The molecule has 1 aliphatic heterocycles. The molecule has 0 radical (unpaired) electrons. The highest BCUT2D eigenvalue weighted by atomic mass is 127. The van der Waals surface area contributed by atoms with E-state index in [-0.39, 0.29) is 5.95 Å². The first-order valence-corrected chi connectivity index (χ1v) is 4.98. The van der Waals surface area contributed by atoms with E-state index in [9.17, 15) is 4.39 Å². The summed E-state index contributed by atoms with van der Waals surface area (Å²) in [6, 6.07) is 3.51. The lowest BCUT2D eigenvalue weighted by atomic mass is 10.3. The molecule has 64 valence electrons. The zero-order valence-electron chi connectivity index (χ0n) is 6.48. The first-order valence-electron chi connectivity index (χ1n) is 3.90. The van der Waals surface area contributed by atoms with Gasteiger partial charge in [-0.3, -0.25) is 5.32 Å². The maximum absolute atomic E-state index is 13.3. The lowest BCUT2D eigenvalue weighted by Gasteiger charge is -2.12. The van der Waals surface area contributed by atoms with Crippen LogP contribution in [0.4, 0.5) is 10.2 Å². The highest BCUT2D eigenvalue weighted by Crippen LogP contribution is 2.12. The van der Waals surface area contributed by atoms with Gasteiger partial charge in [0.2, 0.25) is 0 Å². The van der Waals surface area contributed by atoms with E-state index < -0.39 is 0 Å². The zero-order chi connectivity index (χ0) is 8.55. The first-order chi connectivity index (χ1) is 5.77. The molecule has 12 heavy (non-hydrogen) atoms. The van der Waals surface area contributed by atoms with Gasteiger partial charge in [-0.25, -0.2) is 4.57 Å². The largest absolute Gasteiger partial charge is 0.279 e. The van der Waals surface area contributed by atoms with E-state index in [1.54, 1.807) is 10.6 Å². The van der Waals surface area contributed by atoms with Crippen LogP contribution in [-0.4, -0.2) is 6.54 Å². The normalized spacial score (nSPS) is 15.2. The summed E-state index contributed by atoms with van der Waals surface area (Å²) >= 11 is 2.12. The second kappa shape index (κ2) is 3.16. The Kier molecular flexibility index (Phi) is 2.16. The van der Waals surface area contributed by atoms with Gasteiger partial charge in [0.1, 0.15) is 0 Å². The van der Waals surface area contributed by atoms with Gasteiger partial charge < -0.3 is 0 Å². The molecule has 0 saturated heterocycles. The third-order valence-corrected chi connectivity index (χ3v) is 2.57. The van der Waals surface area contributed by atoms with Gasteiger partial charge in [0.15, 0.2) is 0 Å². The van der Waals surface area contributed by atoms with Crippen LogP contribution in [0.25, 0.3) is 0 Å². The second-order valence-corrected chi connectivity index (χ2v) is 4.06. The van der Waals surface area contributed by atoms with Gasteiger partial charge in [-0.2, -0.15) is 4.39 Å². The molecule has 1 aromatic heterocycles. The number of pyridine rings is 1. The Balaban J connectivity index is 2.53. The van der Waals surface area contributed by atoms with Crippen molar-refractivity contribution in [2.75, 3.05) is 11.9 Å². The van der Waals surface area contributed by atoms with Crippen molar-refractivity contribution in [1.29, 1.82) is 0 Å². The average Bonchev–Trinajstić information content (AvgIpc) is 2.04. The van der Waals surface area contributed by atoms with Gasteiger partial charge in [-0.15, -0.1) is 0 Å². The molecule has 0 unspecified atom stereocenters. The smallest absolute Gasteiger partial charge is 0.274 e. The van der Waals surface area contributed by atoms with Crippen molar-refractivity contribution in [3.05, 3.63) is 21.7 Å². The fourth-order valence-electron chi connectivity index (χ4n) is 1.38. The van der Waals surface area contributed by atoms with Crippen LogP contribution in [0.2, 0.25) is 0 Å². The molecule has 0 amide bonds. The molecule has 0 saturated carbocycles. The molecule has 0 aliphatic carbocycles. The summed E-state index contributed by atoms with van der Waals surface area (Å²) in [5, 5.41) is 3.16. The van der Waals surface area contributed by atoms with Crippen LogP contribution in [0, 0.1) is 9.52 Å². The number of hydrogen-bond acceptors (Lipinski definition) is 1. The highest BCUT2D eigenvalue weighted by molar-refractivity contribution is 14.1. The molecule has 4 heteroatoms. The Bertz CT molecular complexity index is 314. The molecule has 2 heterocycles. The number of aromatic nitrogens is 1. The van der Waals surface area contributed by atoms with Crippen LogP contribution >= 0.6 is 22.6 Å². The molecular weight excluding hydrogens is 270 g/mol. The van der Waals surface area contributed by atoms with E-state index in [1.807, 2.05) is 6.07 Å². The number of nitrogens with zero attached hydrogens (tertiary/aromatic N) is 1. The Labute approximate surface area is 83.9 Å². The highest BCUT2D eigenvalue weighted by Gasteiger charge is 2.18. The van der Waals surface area contributed by atoms with E-state index >= 15 is 0 Å². The molecule has 0 aromatic carbocycles. The molecule has 0 atom stereocenters. The van der Waals surface area contributed by atoms with E-state index in [0.29, 0.717) is 0 Å². The van der Waals surface area contributed by atoms with Crippen LogP contribution in [-0.2, 0) is 6.54 Å². The predicted octanol–water partition coefficient (Wildman–Crippen LogP) is 1.53. The van der Waals surface area contributed by atoms with Gasteiger partial charge in [0, 0.05) is 22.1 Å². The summed E-state index contributed by atoms with van der Waals surface area (Å²) in [5.41, 5.74) is 0. The Morgan fingerprint density at radius 2 is 2.33 bits per heavy atom. The quantitative estimate of drug-likeness (QED) is 0.433. The molecular formula is C8H9FIN2+. The van der Waals surface area contributed by atoms with Gasteiger partial charge in [0.25, 0.3) is 11.8 Å². The fourth-order valence-corrected chi connectivity index (χ4v) is 1.94. The number of fused-ring (bicyclic) bond motifs is 1. The SMILES string of the molecule is Fc1cc(I)cc2[n+]1CCCN2.